The van der Waals surface area contributed by atoms with Crippen LogP contribution in [-0.4, -0.2) is 23.4 Å². The van der Waals surface area contributed by atoms with E-state index in [4.69, 9.17) is 11.1 Å². The summed E-state index contributed by atoms with van der Waals surface area (Å²) in [5, 5.41) is 7.62. The molecule has 1 aliphatic heterocycles. The molecule has 0 radical (unpaired) electrons. The lowest BCUT2D eigenvalue weighted by Crippen LogP contribution is -2.43. The third kappa shape index (κ3) is 2.25. The number of hydrogen-bond donors (Lipinski definition) is 2. The van der Waals surface area contributed by atoms with Gasteiger partial charge in [-0.15, -0.1) is 0 Å². The Kier molecular flexibility index (Phi) is 3.31. The fourth-order valence-corrected chi connectivity index (χ4v) is 2.47. The SMILES string of the molecule is CC1CCCN(c2ncccc2C(=N)N)C1C. The van der Waals surface area contributed by atoms with Crippen molar-refractivity contribution in [2.45, 2.75) is 32.7 Å². The molecule has 0 spiro atoms. The third-order valence-corrected chi connectivity index (χ3v) is 3.72. The van der Waals surface area contributed by atoms with Crippen LogP contribution in [0.25, 0.3) is 0 Å². The van der Waals surface area contributed by atoms with Crippen molar-refractivity contribution in [3.05, 3.63) is 23.9 Å². The van der Waals surface area contributed by atoms with Gasteiger partial charge in [-0.2, -0.15) is 0 Å². The second kappa shape index (κ2) is 4.73. The molecule has 2 atom stereocenters. The lowest BCUT2D eigenvalue weighted by Gasteiger charge is -2.39. The average molecular weight is 232 g/mol. The summed E-state index contributed by atoms with van der Waals surface area (Å²) in [6.45, 7) is 5.50. The number of rotatable bonds is 2. The smallest absolute Gasteiger partial charge is 0.139 e. The second-order valence-corrected chi connectivity index (χ2v) is 4.84. The van der Waals surface area contributed by atoms with Gasteiger partial charge in [0.2, 0.25) is 0 Å². The molecule has 2 heterocycles. The van der Waals surface area contributed by atoms with E-state index in [-0.39, 0.29) is 5.84 Å². The van der Waals surface area contributed by atoms with E-state index in [1.165, 1.54) is 12.8 Å². The first-order valence-corrected chi connectivity index (χ1v) is 6.17. The quantitative estimate of drug-likeness (QED) is 0.605. The van der Waals surface area contributed by atoms with E-state index >= 15 is 0 Å². The Morgan fingerprint density at radius 1 is 1.53 bits per heavy atom. The number of nitrogens with one attached hydrogen (secondary N) is 1. The summed E-state index contributed by atoms with van der Waals surface area (Å²) in [7, 11) is 0. The lowest BCUT2D eigenvalue weighted by molar-refractivity contribution is 0.361. The van der Waals surface area contributed by atoms with Gasteiger partial charge in [-0.05, 0) is 37.8 Å². The van der Waals surface area contributed by atoms with E-state index < -0.39 is 0 Å². The normalized spacial score (nSPS) is 24.7. The van der Waals surface area contributed by atoms with Gasteiger partial charge in [-0.3, -0.25) is 5.41 Å². The number of nitrogens with two attached hydrogens (primary N) is 1. The van der Waals surface area contributed by atoms with Gasteiger partial charge in [0, 0.05) is 18.8 Å². The maximum atomic E-state index is 7.62. The van der Waals surface area contributed by atoms with Crippen LogP contribution in [0.15, 0.2) is 18.3 Å². The molecule has 2 unspecified atom stereocenters. The fourth-order valence-electron chi connectivity index (χ4n) is 2.47. The van der Waals surface area contributed by atoms with E-state index in [0.717, 1.165) is 17.9 Å². The van der Waals surface area contributed by atoms with Gasteiger partial charge in [-0.25, -0.2) is 4.98 Å². The summed E-state index contributed by atoms with van der Waals surface area (Å²) in [6, 6.07) is 4.16. The molecule has 0 aromatic carbocycles. The Balaban J connectivity index is 2.36. The van der Waals surface area contributed by atoms with Gasteiger partial charge in [0.25, 0.3) is 0 Å². The summed E-state index contributed by atoms with van der Waals surface area (Å²) in [5.74, 6) is 1.61. The van der Waals surface area contributed by atoms with Crippen LogP contribution in [-0.2, 0) is 0 Å². The zero-order valence-corrected chi connectivity index (χ0v) is 10.5. The van der Waals surface area contributed by atoms with Crippen LogP contribution in [0, 0.1) is 11.3 Å². The monoisotopic (exact) mass is 232 g/mol. The first-order valence-electron chi connectivity index (χ1n) is 6.17. The molecular formula is C13H20N4. The number of piperidine rings is 1. The number of amidine groups is 1. The van der Waals surface area contributed by atoms with E-state index in [9.17, 15) is 0 Å². The predicted molar refractivity (Wildman–Crippen MR) is 70.5 cm³/mol. The molecular weight excluding hydrogens is 212 g/mol. The highest BCUT2D eigenvalue weighted by atomic mass is 15.2. The third-order valence-electron chi connectivity index (χ3n) is 3.72. The van der Waals surface area contributed by atoms with Crippen molar-refractivity contribution >= 4 is 11.7 Å². The number of nitrogen functional groups attached to an aromatic ring is 1. The molecule has 0 aliphatic carbocycles. The van der Waals surface area contributed by atoms with E-state index in [2.05, 4.69) is 23.7 Å². The average Bonchev–Trinajstić information content (AvgIpc) is 2.33. The molecule has 3 N–H and O–H groups in total. The fraction of sp³-hybridized carbons (Fsp3) is 0.538. The van der Waals surface area contributed by atoms with Crippen molar-refractivity contribution in [3.63, 3.8) is 0 Å². The van der Waals surface area contributed by atoms with Crippen molar-refractivity contribution in [1.82, 2.24) is 4.98 Å². The molecule has 1 saturated heterocycles. The summed E-state index contributed by atoms with van der Waals surface area (Å²) in [6.07, 6.45) is 4.22. The van der Waals surface area contributed by atoms with Gasteiger partial charge in [-0.1, -0.05) is 6.92 Å². The summed E-state index contributed by atoms with van der Waals surface area (Å²) in [4.78, 5) is 6.70. The molecule has 0 amide bonds. The molecule has 17 heavy (non-hydrogen) atoms. The van der Waals surface area contributed by atoms with E-state index in [1.54, 1.807) is 6.20 Å². The molecule has 4 heteroatoms. The molecule has 4 nitrogen and oxygen atoms in total. The van der Waals surface area contributed by atoms with Gasteiger partial charge >= 0.3 is 0 Å². The zero-order chi connectivity index (χ0) is 12.4. The molecule has 2 rings (SSSR count). The molecule has 92 valence electrons. The second-order valence-electron chi connectivity index (χ2n) is 4.84. The van der Waals surface area contributed by atoms with Crippen LogP contribution in [0.2, 0.25) is 0 Å². The number of anilines is 1. The maximum Gasteiger partial charge on any atom is 0.139 e. The first-order chi connectivity index (χ1) is 8.11. The van der Waals surface area contributed by atoms with Gasteiger partial charge < -0.3 is 10.6 Å². The van der Waals surface area contributed by atoms with Crippen molar-refractivity contribution in [2.24, 2.45) is 11.7 Å². The van der Waals surface area contributed by atoms with Crippen LogP contribution >= 0.6 is 0 Å². The Morgan fingerprint density at radius 3 is 3.00 bits per heavy atom. The van der Waals surface area contributed by atoms with Crippen molar-refractivity contribution < 1.29 is 0 Å². The Labute approximate surface area is 102 Å². The van der Waals surface area contributed by atoms with E-state index in [1.807, 2.05) is 12.1 Å². The highest BCUT2D eigenvalue weighted by Crippen LogP contribution is 2.28. The topological polar surface area (TPSA) is 66.0 Å². The van der Waals surface area contributed by atoms with Gasteiger partial charge in [0.15, 0.2) is 0 Å². The van der Waals surface area contributed by atoms with Gasteiger partial charge in [0.1, 0.15) is 11.7 Å². The van der Waals surface area contributed by atoms with Crippen LogP contribution in [0.4, 0.5) is 5.82 Å². The predicted octanol–water partition coefficient (Wildman–Crippen LogP) is 1.99. The van der Waals surface area contributed by atoms with Crippen LogP contribution < -0.4 is 10.6 Å². The molecule has 1 aliphatic rings. The standard InChI is InChI=1S/C13H20N4/c1-9-5-4-8-17(10(9)2)13-11(12(14)15)6-3-7-16-13/h3,6-7,9-10H,4-5,8H2,1-2H3,(H3,14,15). The number of nitrogens with zero attached hydrogens (tertiary/aromatic N) is 2. The van der Waals surface area contributed by atoms with Crippen LogP contribution in [0.1, 0.15) is 32.3 Å². The first kappa shape index (κ1) is 11.9. The van der Waals surface area contributed by atoms with E-state index in [0.29, 0.717) is 12.0 Å². The van der Waals surface area contributed by atoms with Gasteiger partial charge in [0.05, 0.1) is 5.56 Å². The summed E-state index contributed by atoms with van der Waals surface area (Å²) < 4.78 is 0. The minimum absolute atomic E-state index is 0.0959. The minimum atomic E-state index is 0.0959. The lowest BCUT2D eigenvalue weighted by atomic mass is 9.92. The minimum Gasteiger partial charge on any atom is -0.384 e. The van der Waals surface area contributed by atoms with Crippen molar-refractivity contribution in [1.29, 1.82) is 5.41 Å². The molecule has 1 aromatic rings. The number of pyridine rings is 1. The molecule has 1 fully saturated rings. The van der Waals surface area contributed by atoms with Crippen molar-refractivity contribution in [3.8, 4) is 0 Å². The van der Waals surface area contributed by atoms with Crippen LogP contribution in [0.5, 0.6) is 0 Å². The molecule has 1 aromatic heterocycles. The van der Waals surface area contributed by atoms with Crippen LogP contribution in [0.3, 0.4) is 0 Å². The number of hydrogen-bond acceptors (Lipinski definition) is 3. The largest absolute Gasteiger partial charge is 0.384 e. The maximum absolute atomic E-state index is 7.62. The molecule has 0 saturated carbocycles. The summed E-state index contributed by atoms with van der Waals surface area (Å²) >= 11 is 0. The Hall–Kier alpha value is -1.58. The highest BCUT2D eigenvalue weighted by molar-refractivity contribution is 5.99. The summed E-state index contributed by atoms with van der Waals surface area (Å²) in [5.41, 5.74) is 6.36. The Morgan fingerprint density at radius 2 is 2.29 bits per heavy atom. The Bertz CT molecular complexity index is 416. The molecule has 0 bridgehead atoms. The van der Waals surface area contributed by atoms with Crippen molar-refractivity contribution in [2.75, 3.05) is 11.4 Å². The number of aromatic nitrogens is 1. The zero-order valence-electron chi connectivity index (χ0n) is 10.5. The highest BCUT2D eigenvalue weighted by Gasteiger charge is 2.27.